The quantitative estimate of drug-likeness (QED) is 0.638. The summed E-state index contributed by atoms with van der Waals surface area (Å²) in [6.45, 7) is 1.87. The first kappa shape index (κ1) is 19.0. The summed E-state index contributed by atoms with van der Waals surface area (Å²) in [5.74, 6) is -1.14. The summed E-state index contributed by atoms with van der Waals surface area (Å²) in [7, 11) is 0. The number of nitrogens with one attached hydrogen (secondary N) is 1. The highest BCUT2D eigenvalue weighted by atomic mass is 32.2. The largest absolute Gasteiger partial charge is 0.348 e. The molecule has 0 spiro atoms. The molecule has 1 aliphatic carbocycles. The molecule has 0 aliphatic heterocycles. The summed E-state index contributed by atoms with van der Waals surface area (Å²) in [4.78, 5) is 12.4. The summed E-state index contributed by atoms with van der Waals surface area (Å²) in [6, 6.07) is 3.16. The summed E-state index contributed by atoms with van der Waals surface area (Å²) in [5.41, 5.74) is 2.10. The van der Waals surface area contributed by atoms with Crippen molar-refractivity contribution in [2.24, 2.45) is 0 Å². The molecule has 4 rings (SSSR count). The van der Waals surface area contributed by atoms with Crippen molar-refractivity contribution in [2.45, 2.75) is 36.6 Å². The number of hydrogen-bond donors (Lipinski definition) is 1. The topological polar surface area (TPSA) is 72.7 Å². The van der Waals surface area contributed by atoms with Crippen LogP contribution in [-0.2, 0) is 11.2 Å². The lowest BCUT2D eigenvalue weighted by Crippen LogP contribution is -2.32. The number of halogens is 2. The summed E-state index contributed by atoms with van der Waals surface area (Å²) < 4.78 is 29.5. The second-order valence-electron chi connectivity index (χ2n) is 6.47. The Kier molecular flexibility index (Phi) is 5.40. The summed E-state index contributed by atoms with van der Waals surface area (Å²) in [5, 5.41) is 16.1. The maximum absolute atomic E-state index is 13.6. The van der Waals surface area contributed by atoms with Crippen molar-refractivity contribution < 1.29 is 13.6 Å². The Morgan fingerprint density at radius 3 is 2.82 bits per heavy atom. The second kappa shape index (κ2) is 7.96. The van der Waals surface area contributed by atoms with Crippen LogP contribution < -0.4 is 5.32 Å². The molecule has 0 radical (unpaired) electrons. The molecule has 0 bridgehead atoms. The van der Waals surface area contributed by atoms with E-state index < -0.39 is 11.6 Å². The lowest BCUT2D eigenvalue weighted by Gasteiger charge is -2.24. The molecule has 6 nitrogen and oxygen atoms in total. The van der Waals surface area contributed by atoms with Crippen molar-refractivity contribution >= 4 is 29.0 Å². The highest BCUT2D eigenvalue weighted by Crippen LogP contribution is 2.31. The third-order valence-electron chi connectivity index (χ3n) is 4.44. The van der Waals surface area contributed by atoms with E-state index in [0.29, 0.717) is 5.69 Å². The van der Waals surface area contributed by atoms with Gasteiger partial charge < -0.3 is 5.32 Å². The number of hydrogen-bond acceptors (Lipinski definition) is 6. The normalized spacial score (nSPS) is 16.0. The molecule has 10 heteroatoms. The third kappa shape index (κ3) is 4.07. The molecule has 1 aliphatic rings. The smallest absolute Gasteiger partial charge is 0.230 e. The van der Waals surface area contributed by atoms with Crippen LogP contribution in [0.2, 0.25) is 0 Å². The SMILES string of the molecule is Cc1nnc(SCC(=O)N[C@H]2CCCc3c2cnn3-c2cc(F)cc(F)c2)s1. The van der Waals surface area contributed by atoms with E-state index >= 15 is 0 Å². The van der Waals surface area contributed by atoms with Gasteiger partial charge in [0.2, 0.25) is 5.91 Å². The molecule has 1 amide bonds. The highest BCUT2D eigenvalue weighted by Gasteiger charge is 2.26. The fourth-order valence-corrected chi connectivity index (χ4v) is 4.92. The number of aryl methyl sites for hydroxylation is 1. The third-order valence-corrected chi connectivity index (χ3v) is 6.42. The molecule has 0 saturated carbocycles. The molecular formula is C18H17F2N5OS2. The van der Waals surface area contributed by atoms with Gasteiger partial charge in [0.1, 0.15) is 16.6 Å². The monoisotopic (exact) mass is 421 g/mol. The number of amides is 1. The molecule has 2 aromatic heterocycles. The van der Waals surface area contributed by atoms with Gasteiger partial charge in [-0.1, -0.05) is 23.1 Å². The van der Waals surface area contributed by atoms with Gasteiger partial charge in [-0.05, 0) is 38.3 Å². The van der Waals surface area contributed by atoms with E-state index in [-0.39, 0.29) is 17.7 Å². The fraction of sp³-hybridized carbons (Fsp3) is 0.333. The van der Waals surface area contributed by atoms with Crippen molar-refractivity contribution in [3.8, 4) is 5.69 Å². The predicted molar refractivity (Wildman–Crippen MR) is 103 cm³/mol. The maximum atomic E-state index is 13.6. The number of rotatable bonds is 5. The molecule has 0 unspecified atom stereocenters. The second-order valence-corrected chi connectivity index (χ2v) is 8.88. The van der Waals surface area contributed by atoms with Crippen molar-refractivity contribution in [2.75, 3.05) is 5.75 Å². The van der Waals surface area contributed by atoms with Gasteiger partial charge in [0.25, 0.3) is 0 Å². The number of carbonyl (C=O) groups is 1. The first-order chi connectivity index (χ1) is 13.5. The predicted octanol–water partition coefficient (Wildman–Crippen LogP) is 3.60. The number of aromatic nitrogens is 4. The number of carbonyl (C=O) groups excluding carboxylic acids is 1. The lowest BCUT2D eigenvalue weighted by molar-refractivity contribution is -0.119. The molecule has 146 valence electrons. The molecule has 0 saturated heterocycles. The van der Waals surface area contributed by atoms with Crippen LogP contribution in [0, 0.1) is 18.6 Å². The number of benzene rings is 1. The molecule has 0 fully saturated rings. The van der Waals surface area contributed by atoms with Gasteiger partial charge in [0.15, 0.2) is 4.34 Å². The van der Waals surface area contributed by atoms with Gasteiger partial charge in [-0.15, -0.1) is 10.2 Å². The minimum atomic E-state index is -0.649. The Morgan fingerprint density at radius 1 is 1.32 bits per heavy atom. The van der Waals surface area contributed by atoms with Crippen LogP contribution in [0.25, 0.3) is 5.69 Å². The molecule has 1 aromatic carbocycles. The van der Waals surface area contributed by atoms with Gasteiger partial charge in [-0.2, -0.15) is 5.10 Å². The molecule has 2 heterocycles. The van der Waals surface area contributed by atoms with Crippen LogP contribution in [0.4, 0.5) is 8.78 Å². The summed E-state index contributed by atoms with van der Waals surface area (Å²) >= 11 is 2.81. The van der Waals surface area contributed by atoms with Crippen LogP contribution in [-0.4, -0.2) is 31.6 Å². The Morgan fingerprint density at radius 2 is 2.11 bits per heavy atom. The molecular weight excluding hydrogens is 404 g/mol. The average molecular weight is 421 g/mol. The van der Waals surface area contributed by atoms with Gasteiger partial charge >= 0.3 is 0 Å². The van der Waals surface area contributed by atoms with Crippen molar-refractivity contribution in [3.05, 3.63) is 52.3 Å². The highest BCUT2D eigenvalue weighted by molar-refractivity contribution is 8.01. The Hall–Kier alpha value is -2.33. The van der Waals surface area contributed by atoms with E-state index in [4.69, 9.17) is 0 Å². The fourth-order valence-electron chi connectivity index (χ4n) is 3.29. The van der Waals surface area contributed by atoms with Crippen LogP contribution >= 0.6 is 23.1 Å². The first-order valence-electron chi connectivity index (χ1n) is 8.75. The first-order valence-corrected chi connectivity index (χ1v) is 10.6. The average Bonchev–Trinajstić information content (AvgIpc) is 3.26. The van der Waals surface area contributed by atoms with Crippen molar-refractivity contribution in [1.29, 1.82) is 0 Å². The Bertz CT molecular complexity index is 999. The Labute approximate surface area is 168 Å². The van der Waals surface area contributed by atoms with E-state index in [2.05, 4.69) is 20.6 Å². The van der Waals surface area contributed by atoms with E-state index in [1.807, 2.05) is 6.92 Å². The van der Waals surface area contributed by atoms with Crippen LogP contribution in [0.3, 0.4) is 0 Å². The lowest BCUT2D eigenvalue weighted by atomic mass is 9.93. The molecule has 1 N–H and O–H groups in total. The molecule has 3 aromatic rings. The number of fused-ring (bicyclic) bond motifs is 1. The Balaban J connectivity index is 1.48. The van der Waals surface area contributed by atoms with Gasteiger partial charge in [-0.3, -0.25) is 4.79 Å². The van der Waals surface area contributed by atoms with Crippen LogP contribution in [0.15, 0.2) is 28.7 Å². The standard InChI is InChI=1S/C18H17F2N5OS2/c1-10-23-24-18(28-10)27-9-17(26)22-15-3-2-4-16-14(15)8-21-25(16)13-6-11(19)5-12(20)7-13/h5-8,15H,2-4,9H2,1H3,(H,22,26)/t15-/m0/s1. The van der Waals surface area contributed by atoms with E-state index in [1.165, 1.54) is 35.2 Å². The van der Waals surface area contributed by atoms with E-state index in [0.717, 1.165) is 45.9 Å². The van der Waals surface area contributed by atoms with Crippen molar-refractivity contribution in [1.82, 2.24) is 25.3 Å². The van der Waals surface area contributed by atoms with Crippen LogP contribution in [0.1, 0.15) is 35.1 Å². The minimum Gasteiger partial charge on any atom is -0.348 e. The zero-order valence-electron chi connectivity index (χ0n) is 15.0. The minimum absolute atomic E-state index is 0.0970. The summed E-state index contributed by atoms with van der Waals surface area (Å²) in [6.07, 6.45) is 4.05. The zero-order valence-corrected chi connectivity index (χ0v) is 16.6. The maximum Gasteiger partial charge on any atom is 0.230 e. The molecule has 1 atom stereocenters. The number of thioether (sulfide) groups is 1. The molecule has 28 heavy (non-hydrogen) atoms. The van der Waals surface area contributed by atoms with Crippen LogP contribution in [0.5, 0.6) is 0 Å². The van der Waals surface area contributed by atoms with Gasteiger partial charge in [-0.25, -0.2) is 13.5 Å². The van der Waals surface area contributed by atoms with E-state index in [1.54, 1.807) is 10.9 Å². The zero-order chi connectivity index (χ0) is 19.7. The van der Waals surface area contributed by atoms with Gasteiger partial charge in [0.05, 0.1) is 23.7 Å². The van der Waals surface area contributed by atoms with Crippen molar-refractivity contribution in [3.63, 3.8) is 0 Å². The number of nitrogens with zero attached hydrogens (tertiary/aromatic N) is 4. The van der Waals surface area contributed by atoms with E-state index in [9.17, 15) is 13.6 Å². The van der Waals surface area contributed by atoms with Gasteiger partial charge in [0, 0.05) is 17.3 Å².